The molecule has 4 aliphatic rings. The van der Waals surface area contributed by atoms with Crippen LogP contribution < -0.4 is 5.32 Å². The summed E-state index contributed by atoms with van der Waals surface area (Å²) in [5, 5.41) is 3.94. The van der Waals surface area contributed by atoms with E-state index in [0.29, 0.717) is 25.1 Å². The van der Waals surface area contributed by atoms with Crippen LogP contribution in [0, 0.1) is 0 Å². The Morgan fingerprint density at radius 1 is 0.929 bits per heavy atom. The second-order valence-electron chi connectivity index (χ2n) is 12.5. The maximum absolute atomic E-state index is 14.1. The van der Waals surface area contributed by atoms with Crippen LogP contribution in [0.15, 0.2) is 67.0 Å². The summed E-state index contributed by atoms with van der Waals surface area (Å²) in [6.45, 7) is 4.07. The molecule has 2 aliphatic carbocycles. The number of aryl methyl sites for hydroxylation is 1. The average molecular weight is 558 g/mol. The monoisotopic (exact) mass is 557 g/mol. The summed E-state index contributed by atoms with van der Waals surface area (Å²) in [7, 11) is 0. The first-order valence-electron chi connectivity index (χ1n) is 14.7. The number of aromatic nitrogens is 2. The number of fused-ring (bicyclic) bond motifs is 6. The van der Waals surface area contributed by atoms with Gasteiger partial charge in [-0.3, -0.25) is 19.5 Å². The van der Waals surface area contributed by atoms with Gasteiger partial charge in [-0.2, -0.15) is 0 Å². The molecule has 2 aromatic heterocycles. The minimum absolute atomic E-state index is 0.00455. The molecule has 0 unspecified atom stereocenters. The fourth-order valence-electron chi connectivity index (χ4n) is 7.88. The lowest BCUT2D eigenvalue weighted by atomic mass is 9.75. The van der Waals surface area contributed by atoms with E-state index in [2.05, 4.69) is 34.6 Å². The predicted octanol–water partition coefficient (Wildman–Crippen LogP) is 5.02. The number of anilines is 1. The van der Waals surface area contributed by atoms with Crippen LogP contribution in [-0.2, 0) is 46.4 Å². The number of nitrogens with zero attached hydrogens (tertiary/aromatic N) is 4. The van der Waals surface area contributed by atoms with Gasteiger partial charge in [-0.15, -0.1) is 0 Å². The van der Waals surface area contributed by atoms with Crippen molar-refractivity contribution in [3.05, 3.63) is 100 Å². The fraction of sp³-hybridized carbons (Fsp3) is 0.324. The molecule has 1 N–H and O–H groups in total. The van der Waals surface area contributed by atoms with Gasteiger partial charge < -0.3 is 10.2 Å². The highest BCUT2D eigenvalue weighted by Crippen LogP contribution is 2.49. The summed E-state index contributed by atoms with van der Waals surface area (Å²) in [5.41, 5.74) is 5.36. The summed E-state index contributed by atoms with van der Waals surface area (Å²) >= 11 is 0. The summed E-state index contributed by atoms with van der Waals surface area (Å²) in [5.74, 6) is 0.518. The molecule has 1 saturated heterocycles. The molecule has 1 fully saturated rings. The third kappa shape index (κ3) is 3.26. The van der Waals surface area contributed by atoms with Crippen LogP contribution in [0.5, 0.6) is 0 Å². The molecule has 4 heterocycles. The molecule has 8 rings (SSSR count). The number of benzene rings is 2. The highest BCUT2D eigenvalue weighted by Gasteiger charge is 2.60. The molecular formula is C34H31N5O3. The van der Waals surface area contributed by atoms with Crippen molar-refractivity contribution in [1.82, 2.24) is 19.8 Å². The third-order valence-corrected chi connectivity index (χ3v) is 9.81. The molecule has 2 aliphatic heterocycles. The molecule has 0 bridgehead atoms. The lowest BCUT2D eigenvalue weighted by Gasteiger charge is -2.40. The molecule has 2 spiro atoms. The number of urea groups is 1. The van der Waals surface area contributed by atoms with Gasteiger partial charge in [0.05, 0.1) is 17.5 Å². The number of imide groups is 1. The van der Waals surface area contributed by atoms with Crippen LogP contribution >= 0.6 is 0 Å². The Kier molecular flexibility index (Phi) is 5.21. The van der Waals surface area contributed by atoms with E-state index in [-0.39, 0.29) is 30.4 Å². The van der Waals surface area contributed by atoms with Crippen LogP contribution in [0.1, 0.15) is 60.1 Å². The lowest BCUT2D eigenvalue weighted by molar-refractivity contribution is -0.135. The molecule has 42 heavy (non-hydrogen) atoms. The number of pyridine rings is 2. The molecule has 8 nitrogen and oxygen atoms in total. The van der Waals surface area contributed by atoms with Gasteiger partial charge in [0.2, 0.25) is 5.91 Å². The molecule has 210 valence electrons. The Morgan fingerprint density at radius 2 is 1.71 bits per heavy atom. The number of carbonyl (C=O) groups excluding carboxylic acids is 3. The predicted molar refractivity (Wildman–Crippen MR) is 158 cm³/mol. The zero-order valence-electron chi connectivity index (χ0n) is 23.7. The van der Waals surface area contributed by atoms with Gasteiger partial charge in [0, 0.05) is 29.4 Å². The summed E-state index contributed by atoms with van der Waals surface area (Å²) in [4.78, 5) is 53.6. The number of hydrogen-bond donors (Lipinski definition) is 1. The average Bonchev–Trinajstić information content (AvgIpc) is 3.56. The van der Waals surface area contributed by atoms with Gasteiger partial charge in [0.25, 0.3) is 5.91 Å². The molecule has 2 atom stereocenters. The smallest absolute Gasteiger partial charge is 0.310 e. The van der Waals surface area contributed by atoms with Gasteiger partial charge in [-0.05, 0) is 98.0 Å². The number of nitrogens with one attached hydrogen (secondary N) is 1. The molecule has 4 aromatic rings. The fourth-order valence-corrected chi connectivity index (χ4v) is 7.88. The van der Waals surface area contributed by atoms with Crippen molar-refractivity contribution in [2.24, 2.45) is 0 Å². The Bertz CT molecular complexity index is 1850. The van der Waals surface area contributed by atoms with E-state index in [9.17, 15) is 14.4 Å². The van der Waals surface area contributed by atoms with Gasteiger partial charge >= 0.3 is 6.03 Å². The Labute approximate surface area is 243 Å². The summed E-state index contributed by atoms with van der Waals surface area (Å²) in [6, 6.07) is 17.8. The highest BCUT2D eigenvalue weighted by molar-refractivity contribution is 6.08. The number of amides is 4. The van der Waals surface area contributed by atoms with E-state index in [1.165, 1.54) is 4.90 Å². The zero-order chi connectivity index (χ0) is 28.8. The lowest BCUT2D eigenvalue weighted by Crippen LogP contribution is -2.49. The Hall–Kier alpha value is -4.59. The molecular weight excluding hydrogens is 526 g/mol. The Morgan fingerprint density at radius 3 is 2.55 bits per heavy atom. The van der Waals surface area contributed by atoms with E-state index in [1.54, 1.807) is 11.1 Å². The van der Waals surface area contributed by atoms with Crippen molar-refractivity contribution in [1.29, 1.82) is 0 Å². The molecule has 4 amide bonds. The topological polar surface area (TPSA) is 95.5 Å². The van der Waals surface area contributed by atoms with Gasteiger partial charge in [-0.25, -0.2) is 9.78 Å². The van der Waals surface area contributed by atoms with E-state index in [0.717, 1.165) is 57.1 Å². The van der Waals surface area contributed by atoms with Crippen LogP contribution in [0.3, 0.4) is 0 Å². The summed E-state index contributed by atoms with van der Waals surface area (Å²) in [6.07, 6.45) is 7.09. The van der Waals surface area contributed by atoms with Crippen molar-refractivity contribution in [3.63, 3.8) is 0 Å². The van der Waals surface area contributed by atoms with Crippen molar-refractivity contribution in [3.8, 4) is 0 Å². The number of rotatable bonds is 3. The third-order valence-electron chi connectivity index (χ3n) is 9.81. The Balaban J connectivity index is 1.18. The second-order valence-corrected chi connectivity index (χ2v) is 12.5. The first-order valence-corrected chi connectivity index (χ1v) is 14.7. The van der Waals surface area contributed by atoms with E-state index < -0.39 is 11.0 Å². The quantitative estimate of drug-likeness (QED) is 0.357. The molecule has 2 aromatic carbocycles. The van der Waals surface area contributed by atoms with E-state index in [1.807, 2.05) is 50.4 Å². The van der Waals surface area contributed by atoms with Gasteiger partial charge in [-0.1, -0.05) is 30.3 Å². The van der Waals surface area contributed by atoms with Crippen molar-refractivity contribution >= 4 is 34.6 Å². The van der Waals surface area contributed by atoms with Crippen LogP contribution in [-0.4, -0.2) is 43.7 Å². The van der Waals surface area contributed by atoms with Crippen molar-refractivity contribution in [2.45, 2.75) is 69.5 Å². The minimum atomic E-state index is -1.01. The van der Waals surface area contributed by atoms with Crippen molar-refractivity contribution in [2.75, 3.05) is 5.32 Å². The highest BCUT2D eigenvalue weighted by atomic mass is 16.2. The molecule has 8 heteroatoms. The van der Waals surface area contributed by atoms with Crippen LogP contribution in [0.4, 0.5) is 10.6 Å². The number of carbonyl (C=O) groups is 3. The van der Waals surface area contributed by atoms with Gasteiger partial charge in [0.15, 0.2) is 0 Å². The van der Waals surface area contributed by atoms with Crippen LogP contribution in [0.25, 0.3) is 10.9 Å². The zero-order valence-corrected chi connectivity index (χ0v) is 23.7. The maximum atomic E-state index is 14.1. The normalized spacial score (nSPS) is 24.2. The minimum Gasteiger partial charge on any atom is -0.310 e. The molecule has 0 radical (unpaired) electrons. The van der Waals surface area contributed by atoms with E-state index >= 15 is 0 Å². The van der Waals surface area contributed by atoms with Gasteiger partial charge in [0.1, 0.15) is 11.4 Å². The first-order chi connectivity index (χ1) is 20.3. The first kappa shape index (κ1) is 25.1. The molecule has 0 saturated carbocycles. The van der Waals surface area contributed by atoms with E-state index in [4.69, 9.17) is 4.98 Å². The largest absolute Gasteiger partial charge is 0.328 e. The summed E-state index contributed by atoms with van der Waals surface area (Å²) < 4.78 is 0. The van der Waals surface area contributed by atoms with Crippen LogP contribution in [0.2, 0.25) is 0 Å². The standard InChI is InChI=1S/C34H31N5O3/c1-20(2)39-31(41)34(11-5-8-22-7-3-4-9-26(22)34)38(32(39)42)19-21-13-23-14-24-16-33(17-25(24)15-28(23)36-18-21)27-10-6-12-35-29(27)37-30(33)40/h3-4,6-7,9-10,12-15,18,20H,5,8,11,16-17,19H2,1-2H3,(H,35,37,40)/t33-,34-/m0/s1. The SMILES string of the molecule is CC(C)N1C(=O)N(Cc2cnc3cc4c(cc3c2)C[C@@]2(C4)C(=O)Nc3ncccc32)[C@]2(CCCc3ccccc32)C1=O. The second kappa shape index (κ2) is 8.71. The van der Waals surface area contributed by atoms with Crippen molar-refractivity contribution < 1.29 is 14.4 Å². The maximum Gasteiger partial charge on any atom is 0.328 e. The number of hydrogen-bond acceptors (Lipinski definition) is 5.